The number of H-pyrrole nitrogens is 1. The monoisotopic (exact) mass is 252 g/mol. The molecule has 2 atom stereocenters. The van der Waals surface area contributed by atoms with E-state index in [2.05, 4.69) is 9.97 Å². The number of halogens is 2. The van der Waals surface area contributed by atoms with Gasteiger partial charge in [0.1, 0.15) is 17.2 Å². The quantitative estimate of drug-likeness (QED) is 0.891. The van der Waals surface area contributed by atoms with Gasteiger partial charge in [-0.2, -0.15) is 0 Å². The lowest BCUT2D eigenvalue weighted by molar-refractivity contribution is 0.0996. The molecule has 0 amide bonds. The van der Waals surface area contributed by atoms with Gasteiger partial charge in [-0.05, 0) is 18.9 Å². The number of fused-ring (bicyclic) bond motifs is 1. The lowest BCUT2D eigenvalue weighted by Crippen LogP contribution is -2.14. The molecule has 18 heavy (non-hydrogen) atoms. The first-order chi connectivity index (χ1) is 8.69. The molecule has 96 valence electrons. The predicted octanol–water partition coefficient (Wildman–Crippen LogP) is 3.12. The van der Waals surface area contributed by atoms with Crippen molar-refractivity contribution < 1.29 is 13.5 Å². The summed E-state index contributed by atoms with van der Waals surface area (Å²) in [5.74, 6) is -0.381. The second-order valence-corrected chi connectivity index (χ2v) is 4.62. The summed E-state index contributed by atoms with van der Waals surface area (Å²) in [6.45, 7) is 2.74. The molecule has 1 N–H and O–H groups in total. The van der Waals surface area contributed by atoms with Crippen molar-refractivity contribution in [2.45, 2.75) is 31.8 Å². The van der Waals surface area contributed by atoms with E-state index in [9.17, 15) is 8.78 Å². The van der Waals surface area contributed by atoms with Crippen molar-refractivity contribution in [2.75, 3.05) is 6.61 Å². The molecule has 1 aromatic carbocycles. The van der Waals surface area contributed by atoms with Crippen molar-refractivity contribution in [3.05, 3.63) is 29.6 Å². The van der Waals surface area contributed by atoms with Crippen LogP contribution in [0, 0.1) is 11.6 Å². The molecule has 0 bridgehead atoms. The molecule has 0 spiro atoms. The number of hydrogen-bond acceptors (Lipinski definition) is 2. The summed E-state index contributed by atoms with van der Waals surface area (Å²) in [5, 5.41) is 0. The van der Waals surface area contributed by atoms with Crippen LogP contribution in [0.1, 0.15) is 31.5 Å². The van der Waals surface area contributed by atoms with Gasteiger partial charge in [-0.1, -0.05) is 6.92 Å². The Morgan fingerprint density at radius 3 is 3.06 bits per heavy atom. The second-order valence-electron chi connectivity index (χ2n) is 4.62. The molecule has 2 unspecified atom stereocenters. The van der Waals surface area contributed by atoms with E-state index >= 15 is 0 Å². The first-order valence-electron chi connectivity index (χ1n) is 6.15. The van der Waals surface area contributed by atoms with Crippen molar-refractivity contribution in [2.24, 2.45) is 0 Å². The molecule has 5 heteroatoms. The van der Waals surface area contributed by atoms with Gasteiger partial charge in [0.15, 0.2) is 5.82 Å². The van der Waals surface area contributed by atoms with E-state index in [-0.39, 0.29) is 17.5 Å². The highest BCUT2D eigenvalue weighted by Gasteiger charge is 2.30. The topological polar surface area (TPSA) is 37.9 Å². The van der Waals surface area contributed by atoms with Crippen LogP contribution in [0.4, 0.5) is 8.78 Å². The minimum absolute atomic E-state index is 0.110. The lowest BCUT2D eigenvalue weighted by atomic mass is 9.99. The average molecular weight is 252 g/mol. The molecule has 0 radical (unpaired) electrons. The van der Waals surface area contributed by atoms with Gasteiger partial charge in [-0.25, -0.2) is 13.8 Å². The first kappa shape index (κ1) is 11.6. The Kier molecular flexibility index (Phi) is 2.78. The molecule has 1 fully saturated rings. The molecule has 1 saturated heterocycles. The van der Waals surface area contributed by atoms with Crippen LogP contribution in [0.2, 0.25) is 0 Å². The van der Waals surface area contributed by atoms with Crippen molar-refractivity contribution >= 4 is 11.0 Å². The maximum atomic E-state index is 13.6. The average Bonchev–Trinajstić information content (AvgIpc) is 2.92. The van der Waals surface area contributed by atoms with E-state index in [0.717, 1.165) is 18.9 Å². The zero-order valence-electron chi connectivity index (χ0n) is 10.0. The Morgan fingerprint density at radius 2 is 2.28 bits per heavy atom. The Labute approximate surface area is 103 Å². The Hall–Kier alpha value is -1.49. The van der Waals surface area contributed by atoms with Crippen LogP contribution in [0.3, 0.4) is 0 Å². The summed E-state index contributed by atoms with van der Waals surface area (Å²) in [4.78, 5) is 7.27. The van der Waals surface area contributed by atoms with E-state index in [1.165, 1.54) is 6.07 Å². The highest BCUT2D eigenvalue weighted by Crippen LogP contribution is 2.32. The number of hydrogen-bond donors (Lipinski definition) is 1. The normalized spacial score (nSPS) is 23.9. The van der Waals surface area contributed by atoms with E-state index in [0.29, 0.717) is 17.9 Å². The third kappa shape index (κ3) is 1.79. The van der Waals surface area contributed by atoms with E-state index in [1.807, 2.05) is 6.92 Å². The van der Waals surface area contributed by atoms with Gasteiger partial charge in [0.25, 0.3) is 0 Å². The maximum Gasteiger partial charge on any atom is 0.153 e. The van der Waals surface area contributed by atoms with Gasteiger partial charge in [0.2, 0.25) is 0 Å². The molecule has 3 nitrogen and oxygen atoms in total. The van der Waals surface area contributed by atoms with Crippen LogP contribution in [-0.2, 0) is 4.74 Å². The van der Waals surface area contributed by atoms with Crippen LogP contribution in [0.15, 0.2) is 12.1 Å². The standard InChI is InChI=1S/C13H14F2N2O/c1-2-11-8(3-4-18-11)13-16-10-6-7(14)5-9(15)12(10)17-13/h5-6,8,11H,2-4H2,1H3,(H,16,17). The van der Waals surface area contributed by atoms with Crippen molar-refractivity contribution in [1.82, 2.24) is 9.97 Å². The second kappa shape index (κ2) is 4.31. The number of benzene rings is 1. The van der Waals surface area contributed by atoms with Gasteiger partial charge < -0.3 is 9.72 Å². The fourth-order valence-electron chi connectivity index (χ4n) is 2.60. The van der Waals surface area contributed by atoms with Gasteiger partial charge in [-0.3, -0.25) is 0 Å². The predicted molar refractivity (Wildman–Crippen MR) is 63.4 cm³/mol. The Bertz CT molecular complexity index is 582. The van der Waals surface area contributed by atoms with Crippen LogP contribution in [-0.4, -0.2) is 22.7 Å². The minimum atomic E-state index is -0.625. The molecule has 3 rings (SSSR count). The third-order valence-corrected chi connectivity index (χ3v) is 3.49. The third-order valence-electron chi connectivity index (χ3n) is 3.49. The number of ether oxygens (including phenoxy) is 1. The summed E-state index contributed by atoms with van der Waals surface area (Å²) in [6, 6.07) is 2.13. The molecular formula is C13H14F2N2O. The number of nitrogens with one attached hydrogen (secondary N) is 1. The summed E-state index contributed by atoms with van der Waals surface area (Å²) < 4.78 is 32.3. The molecule has 0 saturated carbocycles. The van der Waals surface area contributed by atoms with Crippen molar-refractivity contribution in [3.63, 3.8) is 0 Å². The zero-order chi connectivity index (χ0) is 12.7. The van der Waals surface area contributed by atoms with Crippen molar-refractivity contribution in [1.29, 1.82) is 0 Å². The highest BCUT2D eigenvalue weighted by molar-refractivity contribution is 5.75. The largest absolute Gasteiger partial charge is 0.377 e. The smallest absolute Gasteiger partial charge is 0.153 e. The fraction of sp³-hybridized carbons (Fsp3) is 0.462. The Balaban J connectivity index is 2.05. The SMILES string of the molecule is CCC1OCCC1c1nc2c(F)cc(F)cc2[nH]1. The summed E-state index contributed by atoms with van der Waals surface area (Å²) in [6.07, 6.45) is 1.86. The number of aromatic nitrogens is 2. The van der Waals surface area contributed by atoms with Crippen molar-refractivity contribution in [3.8, 4) is 0 Å². The number of rotatable bonds is 2. The molecule has 1 aliphatic heterocycles. The number of aromatic amines is 1. The van der Waals surface area contributed by atoms with E-state index in [4.69, 9.17) is 4.74 Å². The number of imidazole rings is 1. The zero-order valence-corrected chi connectivity index (χ0v) is 10.0. The van der Waals surface area contributed by atoms with Gasteiger partial charge >= 0.3 is 0 Å². The fourth-order valence-corrected chi connectivity index (χ4v) is 2.60. The van der Waals surface area contributed by atoms with Crippen LogP contribution in [0.5, 0.6) is 0 Å². The number of nitrogens with zero attached hydrogens (tertiary/aromatic N) is 1. The molecule has 1 aromatic heterocycles. The first-order valence-corrected chi connectivity index (χ1v) is 6.15. The molecule has 1 aliphatic rings. The van der Waals surface area contributed by atoms with E-state index < -0.39 is 11.6 Å². The lowest BCUT2D eigenvalue weighted by Gasteiger charge is -2.13. The van der Waals surface area contributed by atoms with Gasteiger partial charge in [-0.15, -0.1) is 0 Å². The summed E-state index contributed by atoms with van der Waals surface area (Å²) in [7, 11) is 0. The molecular weight excluding hydrogens is 238 g/mol. The van der Waals surface area contributed by atoms with Gasteiger partial charge in [0, 0.05) is 18.6 Å². The molecule has 0 aliphatic carbocycles. The van der Waals surface area contributed by atoms with Crippen LogP contribution in [0.25, 0.3) is 11.0 Å². The van der Waals surface area contributed by atoms with Gasteiger partial charge in [0.05, 0.1) is 11.6 Å². The van der Waals surface area contributed by atoms with E-state index in [1.54, 1.807) is 0 Å². The molecule has 2 aromatic rings. The Morgan fingerprint density at radius 1 is 1.44 bits per heavy atom. The summed E-state index contributed by atoms with van der Waals surface area (Å²) in [5.41, 5.74) is 0.609. The highest BCUT2D eigenvalue weighted by atomic mass is 19.1. The summed E-state index contributed by atoms with van der Waals surface area (Å²) >= 11 is 0. The molecule has 2 heterocycles. The van der Waals surface area contributed by atoms with Crippen LogP contribution >= 0.6 is 0 Å². The van der Waals surface area contributed by atoms with Crippen LogP contribution < -0.4 is 0 Å². The minimum Gasteiger partial charge on any atom is -0.377 e. The maximum absolute atomic E-state index is 13.6.